The van der Waals surface area contributed by atoms with Crippen molar-refractivity contribution in [3.8, 4) is 11.1 Å². The zero-order valence-corrected chi connectivity index (χ0v) is 13.5. The van der Waals surface area contributed by atoms with Gasteiger partial charge in [-0.05, 0) is 36.5 Å². The number of nitrogens with one attached hydrogen (secondary N) is 1. The fourth-order valence-electron chi connectivity index (χ4n) is 2.99. The van der Waals surface area contributed by atoms with E-state index in [-0.39, 0.29) is 18.1 Å². The molecular formula is C20H23NO2. The Morgan fingerprint density at radius 3 is 2.48 bits per heavy atom. The van der Waals surface area contributed by atoms with Gasteiger partial charge in [-0.25, -0.2) is 0 Å². The minimum absolute atomic E-state index is 0.00808. The molecule has 3 heteroatoms. The maximum absolute atomic E-state index is 12.1. The van der Waals surface area contributed by atoms with Gasteiger partial charge in [0, 0.05) is 6.61 Å². The summed E-state index contributed by atoms with van der Waals surface area (Å²) in [5.74, 6) is 0.0662. The summed E-state index contributed by atoms with van der Waals surface area (Å²) in [6, 6.07) is 18.7. The maximum atomic E-state index is 12.1. The highest BCUT2D eigenvalue weighted by atomic mass is 16.5. The molecule has 2 atom stereocenters. The SMILES string of the molecule is C[C@H](NC(=O)C[C@@H]1CCCO1)c1ccc(-c2ccccc2)cc1. The second-order valence-electron chi connectivity index (χ2n) is 6.12. The van der Waals surface area contributed by atoms with E-state index in [2.05, 4.69) is 41.7 Å². The summed E-state index contributed by atoms with van der Waals surface area (Å²) in [7, 11) is 0. The van der Waals surface area contributed by atoms with Crippen molar-refractivity contribution in [3.63, 3.8) is 0 Å². The second kappa shape index (κ2) is 7.42. The maximum Gasteiger partial charge on any atom is 0.223 e. The van der Waals surface area contributed by atoms with Crippen molar-refractivity contribution in [3.05, 3.63) is 60.2 Å². The number of amides is 1. The first-order chi connectivity index (χ1) is 11.2. The lowest BCUT2D eigenvalue weighted by molar-refractivity contribution is -0.123. The lowest BCUT2D eigenvalue weighted by atomic mass is 10.0. The van der Waals surface area contributed by atoms with E-state index in [0.29, 0.717) is 6.42 Å². The molecule has 2 aromatic rings. The second-order valence-corrected chi connectivity index (χ2v) is 6.12. The summed E-state index contributed by atoms with van der Waals surface area (Å²) in [4.78, 5) is 12.1. The van der Waals surface area contributed by atoms with Gasteiger partial charge in [-0.1, -0.05) is 54.6 Å². The Labute approximate surface area is 137 Å². The Kier molecular flexibility index (Phi) is 5.09. The average molecular weight is 309 g/mol. The van der Waals surface area contributed by atoms with E-state index in [4.69, 9.17) is 4.74 Å². The highest BCUT2D eigenvalue weighted by Crippen LogP contribution is 2.22. The van der Waals surface area contributed by atoms with E-state index in [1.54, 1.807) is 0 Å². The zero-order chi connectivity index (χ0) is 16.1. The predicted octanol–water partition coefficient (Wildman–Crippen LogP) is 4.10. The highest BCUT2D eigenvalue weighted by Gasteiger charge is 2.20. The summed E-state index contributed by atoms with van der Waals surface area (Å²) in [6.45, 7) is 2.80. The van der Waals surface area contributed by atoms with Crippen LogP contribution in [-0.2, 0) is 9.53 Å². The first-order valence-corrected chi connectivity index (χ1v) is 8.29. The first-order valence-electron chi connectivity index (χ1n) is 8.29. The molecule has 0 radical (unpaired) electrons. The number of rotatable bonds is 5. The molecule has 23 heavy (non-hydrogen) atoms. The third-order valence-corrected chi connectivity index (χ3v) is 4.33. The zero-order valence-electron chi connectivity index (χ0n) is 13.5. The van der Waals surface area contributed by atoms with Gasteiger partial charge in [-0.3, -0.25) is 4.79 Å². The van der Waals surface area contributed by atoms with Crippen molar-refractivity contribution in [2.45, 2.75) is 38.3 Å². The van der Waals surface area contributed by atoms with Crippen molar-refractivity contribution < 1.29 is 9.53 Å². The van der Waals surface area contributed by atoms with E-state index in [0.717, 1.165) is 25.0 Å². The lowest BCUT2D eigenvalue weighted by Crippen LogP contribution is -2.29. The highest BCUT2D eigenvalue weighted by molar-refractivity contribution is 5.77. The van der Waals surface area contributed by atoms with Crippen LogP contribution in [0.15, 0.2) is 54.6 Å². The molecule has 3 rings (SSSR count). The monoisotopic (exact) mass is 309 g/mol. The molecule has 1 aliphatic heterocycles. The van der Waals surface area contributed by atoms with Crippen LogP contribution in [0.5, 0.6) is 0 Å². The van der Waals surface area contributed by atoms with E-state index < -0.39 is 0 Å². The van der Waals surface area contributed by atoms with Crippen molar-refractivity contribution in [1.29, 1.82) is 0 Å². The molecule has 3 nitrogen and oxygen atoms in total. The predicted molar refractivity (Wildman–Crippen MR) is 92.0 cm³/mol. The van der Waals surface area contributed by atoms with Crippen molar-refractivity contribution >= 4 is 5.91 Å². The van der Waals surface area contributed by atoms with Crippen LogP contribution >= 0.6 is 0 Å². The van der Waals surface area contributed by atoms with Gasteiger partial charge in [-0.2, -0.15) is 0 Å². The molecule has 1 heterocycles. The molecule has 1 fully saturated rings. The molecule has 1 N–H and O–H groups in total. The van der Waals surface area contributed by atoms with Crippen LogP contribution in [0.3, 0.4) is 0 Å². The molecule has 1 saturated heterocycles. The minimum atomic E-state index is 0.00808. The molecule has 120 valence electrons. The number of hydrogen-bond donors (Lipinski definition) is 1. The Balaban J connectivity index is 1.59. The molecule has 2 aromatic carbocycles. The van der Waals surface area contributed by atoms with Crippen LogP contribution in [0, 0.1) is 0 Å². The van der Waals surface area contributed by atoms with Gasteiger partial charge < -0.3 is 10.1 Å². The summed E-state index contributed by atoms with van der Waals surface area (Å²) < 4.78 is 5.51. The summed E-state index contributed by atoms with van der Waals surface area (Å²) >= 11 is 0. The number of hydrogen-bond acceptors (Lipinski definition) is 2. The summed E-state index contributed by atoms with van der Waals surface area (Å²) in [6.07, 6.45) is 2.62. The van der Waals surface area contributed by atoms with Gasteiger partial charge in [-0.15, -0.1) is 0 Å². The van der Waals surface area contributed by atoms with Crippen LogP contribution < -0.4 is 5.32 Å². The fraction of sp³-hybridized carbons (Fsp3) is 0.350. The van der Waals surface area contributed by atoms with E-state index in [1.165, 1.54) is 11.1 Å². The van der Waals surface area contributed by atoms with E-state index in [1.807, 2.05) is 25.1 Å². The third-order valence-electron chi connectivity index (χ3n) is 4.33. The van der Waals surface area contributed by atoms with Crippen LogP contribution in [0.4, 0.5) is 0 Å². The van der Waals surface area contributed by atoms with Gasteiger partial charge in [0.15, 0.2) is 0 Å². The number of ether oxygens (including phenoxy) is 1. The van der Waals surface area contributed by atoms with Crippen LogP contribution in [0.25, 0.3) is 11.1 Å². The van der Waals surface area contributed by atoms with E-state index in [9.17, 15) is 4.79 Å². The van der Waals surface area contributed by atoms with Gasteiger partial charge in [0.05, 0.1) is 18.6 Å². The smallest absolute Gasteiger partial charge is 0.223 e. The molecular weight excluding hydrogens is 286 g/mol. The van der Waals surface area contributed by atoms with Crippen LogP contribution in [-0.4, -0.2) is 18.6 Å². The minimum Gasteiger partial charge on any atom is -0.378 e. The van der Waals surface area contributed by atoms with Crippen molar-refractivity contribution in [2.24, 2.45) is 0 Å². The standard InChI is InChI=1S/C20H23NO2/c1-15(21-20(22)14-19-8-5-13-23-19)16-9-11-18(12-10-16)17-6-3-2-4-7-17/h2-4,6-7,9-12,15,19H,5,8,13-14H2,1H3,(H,21,22)/t15-,19-/m0/s1. The molecule has 0 spiro atoms. The van der Waals surface area contributed by atoms with Gasteiger partial charge in [0.1, 0.15) is 0 Å². The number of benzene rings is 2. The van der Waals surface area contributed by atoms with Gasteiger partial charge in [0.2, 0.25) is 5.91 Å². The Morgan fingerprint density at radius 2 is 1.83 bits per heavy atom. The molecule has 1 amide bonds. The van der Waals surface area contributed by atoms with Gasteiger partial charge in [0.25, 0.3) is 0 Å². The largest absolute Gasteiger partial charge is 0.378 e. The molecule has 0 aromatic heterocycles. The quantitative estimate of drug-likeness (QED) is 0.903. The summed E-state index contributed by atoms with van der Waals surface area (Å²) in [5.41, 5.74) is 3.51. The Hall–Kier alpha value is -2.13. The van der Waals surface area contributed by atoms with E-state index >= 15 is 0 Å². The molecule has 1 aliphatic rings. The first kappa shape index (κ1) is 15.8. The Bertz CT molecular complexity index is 630. The normalized spacial score (nSPS) is 18.6. The van der Waals surface area contributed by atoms with Gasteiger partial charge >= 0.3 is 0 Å². The third kappa shape index (κ3) is 4.20. The van der Waals surface area contributed by atoms with Crippen LogP contribution in [0.2, 0.25) is 0 Å². The molecule has 0 aliphatic carbocycles. The van der Waals surface area contributed by atoms with Crippen molar-refractivity contribution in [1.82, 2.24) is 5.32 Å². The summed E-state index contributed by atoms with van der Waals surface area (Å²) in [5, 5.41) is 3.06. The Morgan fingerprint density at radius 1 is 1.13 bits per heavy atom. The number of carbonyl (C=O) groups excluding carboxylic acids is 1. The molecule has 0 saturated carbocycles. The van der Waals surface area contributed by atoms with Crippen molar-refractivity contribution in [2.75, 3.05) is 6.61 Å². The number of carbonyl (C=O) groups is 1. The molecule has 0 unspecified atom stereocenters. The van der Waals surface area contributed by atoms with Crippen LogP contribution in [0.1, 0.15) is 37.8 Å². The lowest BCUT2D eigenvalue weighted by Gasteiger charge is -2.16. The fourth-order valence-corrected chi connectivity index (χ4v) is 2.99. The topological polar surface area (TPSA) is 38.3 Å². The average Bonchev–Trinajstić information content (AvgIpc) is 3.08. The molecule has 0 bridgehead atoms.